The highest BCUT2D eigenvalue weighted by Crippen LogP contribution is 2.23. The van der Waals surface area contributed by atoms with Crippen LogP contribution in [0.2, 0.25) is 5.02 Å². The van der Waals surface area contributed by atoms with E-state index in [1.54, 1.807) is 18.3 Å². The van der Waals surface area contributed by atoms with Crippen LogP contribution in [0.3, 0.4) is 0 Å². The first-order valence-electron chi connectivity index (χ1n) is 12.3. The van der Waals surface area contributed by atoms with Gasteiger partial charge in [-0.25, -0.2) is 0 Å². The first-order chi connectivity index (χ1) is 18.1. The lowest BCUT2D eigenvalue weighted by Gasteiger charge is -2.29. The molecule has 1 fully saturated rings. The summed E-state index contributed by atoms with van der Waals surface area (Å²) in [6, 6.07) is 17.6. The van der Waals surface area contributed by atoms with Crippen molar-refractivity contribution in [2.45, 2.75) is 13.0 Å². The predicted molar refractivity (Wildman–Crippen MR) is 146 cm³/mol. The third kappa shape index (κ3) is 5.12. The molecule has 1 amide bonds. The van der Waals surface area contributed by atoms with Crippen LogP contribution >= 0.6 is 11.6 Å². The van der Waals surface area contributed by atoms with Gasteiger partial charge in [-0.3, -0.25) is 19.9 Å². The lowest BCUT2D eigenvalue weighted by Crippen LogP contribution is -2.43. The number of hydrogen-bond donors (Lipinski definition) is 3. The first kappa shape index (κ1) is 23.4. The molecular weight excluding hydrogens is 486 g/mol. The van der Waals surface area contributed by atoms with Crippen LogP contribution in [0, 0.1) is 0 Å². The maximum absolute atomic E-state index is 12.9. The minimum atomic E-state index is -0.170. The number of nitrogens with one attached hydrogen (secondary N) is 3. The summed E-state index contributed by atoms with van der Waals surface area (Å²) in [6.07, 6.45) is 4.26. The van der Waals surface area contributed by atoms with Crippen molar-refractivity contribution in [1.82, 2.24) is 30.8 Å². The second-order valence-electron chi connectivity index (χ2n) is 9.22. The summed E-state index contributed by atoms with van der Waals surface area (Å²) in [7, 11) is 0. The Morgan fingerprint density at radius 3 is 2.76 bits per heavy atom. The van der Waals surface area contributed by atoms with E-state index in [2.05, 4.69) is 53.9 Å². The molecule has 6 rings (SSSR count). The first-order valence-corrected chi connectivity index (χ1v) is 12.7. The number of halogens is 1. The van der Waals surface area contributed by atoms with Crippen LogP contribution in [0.1, 0.15) is 27.3 Å². The molecule has 4 heterocycles. The molecule has 1 aliphatic heterocycles. The molecule has 0 atom stereocenters. The number of fused-ring (bicyclic) bond motifs is 2. The lowest BCUT2D eigenvalue weighted by atomic mass is 10.0. The number of rotatable bonds is 6. The van der Waals surface area contributed by atoms with E-state index < -0.39 is 0 Å². The van der Waals surface area contributed by atoms with Crippen molar-refractivity contribution in [3.05, 3.63) is 94.5 Å². The largest absolute Gasteiger partial charge is 0.368 e. The molecule has 186 valence electrons. The topological polar surface area (TPSA) is 98.8 Å². The second-order valence-corrected chi connectivity index (χ2v) is 9.65. The van der Waals surface area contributed by atoms with Crippen molar-refractivity contribution in [3.63, 3.8) is 0 Å². The average Bonchev–Trinajstić information content (AvgIpc) is 3.34. The highest BCUT2D eigenvalue weighted by molar-refractivity contribution is 6.31. The molecule has 8 nitrogen and oxygen atoms in total. The van der Waals surface area contributed by atoms with Gasteiger partial charge in [-0.2, -0.15) is 5.10 Å². The fraction of sp³-hybridized carbons (Fsp3) is 0.214. The van der Waals surface area contributed by atoms with Crippen molar-refractivity contribution < 1.29 is 4.79 Å². The SMILES string of the molecule is O=C(NCc1[nH]nc2ccc(Cl)cc12)c1ccnc(Cc2ccc3ncc(N4CCNCC4)cc3c2)c1. The van der Waals surface area contributed by atoms with E-state index in [9.17, 15) is 4.79 Å². The maximum atomic E-state index is 12.9. The number of anilines is 1. The fourth-order valence-corrected chi connectivity index (χ4v) is 4.91. The van der Waals surface area contributed by atoms with Gasteiger partial charge >= 0.3 is 0 Å². The molecule has 0 saturated carbocycles. The summed E-state index contributed by atoms with van der Waals surface area (Å²) in [6.45, 7) is 4.26. The van der Waals surface area contributed by atoms with Crippen LogP contribution in [0.4, 0.5) is 5.69 Å². The number of hydrogen-bond acceptors (Lipinski definition) is 6. The maximum Gasteiger partial charge on any atom is 0.251 e. The van der Waals surface area contributed by atoms with E-state index in [0.717, 1.165) is 70.6 Å². The van der Waals surface area contributed by atoms with E-state index in [4.69, 9.17) is 11.6 Å². The smallest absolute Gasteiger partial charge is 0.251 e. The lowest BCUT2D eigenvalue weighted by molar-refractivity contribution is 0.0950. The Labute approximate surface area is 219 Å². The Hall–Kier alpha value is -4.01. The van der Waals surface area contributed by atoms with Crippen LogP contribution < -0.4 is 15.5 Å². The molecule has 37 heavy (non-hydrogen) atoms. The molecule has 0 radical (unpaired) electrons. The molecule has 0 unspecified atom stereocenters. The van der Waals surface area contributed by atoms with Crippen LogP contribution in [0.25, 0.3) is 21.8 Å². The van der Waals surface area contributed by atoms with Gasteiger partial charge in [0.05, 0.1) is 35.2 Å². The van der Waals surface area contributed by atoms with Crippen LogP contribution in [-0.2, 0) is 13.0 Å². The standard InChI is InChI=1S/C28H26ClN7O/c29-21-2-4-26-24(15-21)27(35-34-26)17-33-28(37)19-5-6-31-22(13-19)12-18-1-3-25-20(11-18)14-23(16-32-25)36-9-7-30-8-10-36/h1-6,11,13-16,30H,7-10,12,17H2,(H,33,37)(H,34,35). The molecular formula is C28H26ClN7O. The average molecular weight is 512 g/mol. The molecule has 0 bridgehead atoms. The molecule has 0 spiro atoms. The van der Waals surface area contributed by atoms with E-state index in [1.165, 1.54) is 0 Å². The summed E-state index contributed by atoms with van der Waals surface area (Å²) in [5.74, 6) is -0.170. The number of benzene rings is 2. The van der Waals surface area contributed by atoms with Crippen molar-refractivity contribution >= 4 is 45.0 Å². The van der Waals surface area contributed by atoms with Gasteiger partial charge in [0.15, 0.2) is 0 Å². The number of carbonyl (C=O) groups is 1. The van der Waals surface area contributed by atoms with Crippen LogP contribution in [0.15, 0.2) is 67.0 Å². The van der Waals surface area contributed by atoms with Gasteiger partial charge < -0.3 is 15.5 Å². The second kappa shape index (κ2) is 10.2. The Morgan fingerprint density at radius 1 is 1.00 bits per heavy atom. The zero-order valence-electron chi connectivity index (χ0n) is 20.2. The highest BCUT2D eigenvalue weighted by Gasteiger charge is 2.13. The van der Waals surface area contributed by atoms with E-state index >= 15 is 0 Å². The molecule has 1 saturated heterocycles. The zero-order chi connectivity index (χ0) is 25.2. The summed E-state index contributed by atoms with van der Waals surface area (Å²) in [4.78, 5) is 24.4. The van der Waals surface area contributed by atoms with Crippen molar-refractivity contribution in [3.8, 4) is 0 Å². The van der Waals surface area contributed by atoms with Gasteiger partial charge in [-0.15, -0.1) is 0 Å². The number of aromatic amines is 1. The van der Waals surface area contributed by atoms with E-state index in [0.29, 0.717) is 23.6 Å². The number of pyridine rings is 2. The van der Waals surface area contributed by atoms with Crippen LogP contribution in [-0.4, -0.2) is 52.3 Å². The monoisotopic (exact) mass is 511 g/mol. The van der Waals surface area contributed by atoms with Gasteiger partial charge in [0.1, 0.15) is 0 Å². The van der Waals surface area contributed by atoms with Gasteiger partial charge in [0.2, 0.25) is 0 Å². The van der Waals surface area contributed by atoms with Gasteiger partial charge in [0, 0.05) is 65.8 Å². The normalized spacial score (nSPS) is 13.8. The van der Waals surface area contributed by atoms with Crippen molar-refractivity contribution in [2.75, 3.05) is 31.1 Å². The zero-order valence-corrected chi connectivity index (χ0v) is 20.9. The molecule has 3 N–H and O–H groups in total. The van der Waals surface area contributed by atoms with E-state index in [1.807, 2.05) is 30.5 Å². The number of piperazine rings is 1. The number of amides is 1. The van der Waals surface area contributed by atoms with E-state index in [-0.39, 0.29) is 5.91 Å². The van der Waals surface area contributed by atoms with Gasteiger partial charge in [-0.1, -0.05) is 17.7 Å². The minimum absolute atomic E-state index is 0.170. The molecule has 3 aromatic heterocycles. The molecule has 5 aromatic rings. The summed E-state index contributed by atoms with van der Waals surface area (Å²) in [5.41, 5.74) is 6.26. The molecule has 2 aromatic carbocycles. The third-order valence-electron chi connectivity index (χ3n) is 6.70. The molecule has 1 aliphatic rings. The number of nitrogens with zero attached hydrogens (tertiary/aromatic N) is 4. The Morgan fingerprint density at radius 2 is 1.86 bits per heavy atom. The molecule has 9 heteroatoms. The Bertz CT molecular complexity index is 1590. The summed E-state index contributed by atoms with van der Waals surface area (Å²) >= 11 is 6.12. The summed E-state index contributed by atoms with van der Waals surface area (Å²) in [5, 5.41) is 16.2. The van der Waals surface area contributed by atoms with Crippen LogP contribution in [0.5, 0.6) is 0 Å². The number of H-pyrrole nitrogens is 1. The van der Waals surface area contributed by atoms with Gasteiger partial charge in [-0.05, 0) is 54.1 Å². The minimum Gasteiger partial charge on any atom is -0.368 e. The Kier molecular flexibility index (Phi) is 6.42. The summed E-state index contributed by atoms with van der Waals surface area (Å²) < 4.78 is 0. The fourth-order valence-electron chi connectivity index (χ4n) is 4.74. The quantitative estimate of drug-likeness (QED) is 0.317. The Balaban J connectivity index is 1.16. The predicted octanol–water partition coefficient (Wildman–Crippen LogP) is 4.09. The third-order valence-corrected chi connectivity index (χ3v) is 6.93. The van der Waals surface area contributed by atoms with Gasteiger partial charge in [0.25, 0.3) is 5.91 Å². The van der Waals surface area contributed by atoms with Crippen molar-refractivity contribution in [1.29, 1.82) is 0 Å². The van der Waals surface area contributed by atoms with Crippen molar-refractivity contribution in [2.24, 2.45) is 0 Å². The highest BCUT2D eigenvalue weighted by atomic mass is 35.5. The number of aromatic nitrogens is 4. The number of carbonyl (C=O) groups excluding carboxylic acids is 1. The molecule has 0 aliphatic carbocycles.